The van der Waals surface area contributed by atoms with E-state index in [2.05, 4.69) is 24.9 Å². The molecule has 2 aromatic carbocycles. The summed E-state index contributed by atoms with van der Waals surface area (Å²) in [5.74, 6) is -0.182. The number of pyridine rings is 1. The van der Waals surface area contributed by atoms with Crippen molar-refractivity contribution >= 4 is 39.4 Å². The number of carbonyl (C=O) groups is 1. The van der Waals surface area contributed by atoms with Crippen molar-refractivity contribution < 1.29 is 28.2 Å². The zero-order valence-electron chi connectivity index (χ0n) is 22.5. The van der Waals surface area contributed by atoms with Crippen LogP contribution in [-0.4, -0.2) is 78.4 Å². The number of ether oxygens (including phenoxy) is 2. The average Bonchev–Trinajstić information content (AvgIpc) is 3.32. The highest BCUT2D eigenvalue weighted by molar-refractivity contribution is 6.33. The molecule has 6 rings (SSSR count). The van der Waals surface area contributed by atoms with Crippen LogP contribution >= 0.6 is 11.6 Å². The summed E-state index contributed by atoms with van der Waals surface area (Å²) in [6, 6.07) is 7.13. The molecular formula is C28H24ClF2N7O4. The van der Waals surface area contributed by atoms with Gasteiger partial charge in [-0.15, -0.1) is 4.98 Å². The number of benzene rings is 2. The van der Waals surface area contributed by atoms with E-state index in [0.29, 0.717) is 45.5 Å². The molecule has 42 heavy (non-hydrogen) atoms. The molecule has 5 aromatic rings. The van der Waals surface area contributed by atoms with Crippen molar-refractivity contribution in [3.8, 4) is 28.9 Å². The monoisotopic (exact) mass is 595 g/mol. The zero-order chi connectivity index (χ0) is 29.5. The second kappa shape index (κ2) is 11.1. The van der Waals surface area contributed by atoms with E-state index in [1.807, 2.05) is 0 Å². The molecule has 216 valence electrons. The number of aliphatic hydroxyl groups is 1. The fourth-order valence-electron chi connectivity index (χ4n) is 5.33. The third kappa shape index (κ3) is 4.94. The van der Waals surface area contributed by atoms with Gasteiger partial charge in [0, 0.05) is 35.2 Å². The predicted octanol–water partition coefficient (Wildman–Crippen LogP) is 4.44. The minimum Gasteiger partial charge on any atom is -0.467 e. The summed E-state index contributed by atoms with van der Waals surface area (Å²) in [7, 11) is 1.42. The Kier molecular flexibility index (Phi) is 7.29. The summed E-state index contributed by atoms with van der Waals surface area (Å²) in [5.41, 5.74) is 2.11. The number of likely N-dealkylation sites (tertiary alicyclic amines) is 1. The van der Waals surface area contributed by atoms with E-state index in [4.69, 9.17) is 21.1 Å². The van der Waals surface area contributed by atoms with Gasteiger partial charge in [-0.05, 0) is 31.5 Å². The molecule has 0 aliphatic carbocycles. The van der Waals surface area contributed by atoms with Crippen LogP contribution < -0.4 is 9.47 Å². The molecule has 0 unspecified atom stereocenters. The maximum absolute atomic E-state index is 15.5. The van der Waals surface area contributed by atoms with Gasteiger partial charge in [-0.25, -0.2) is 13.8 Å². The number of amides is 1. The number of aromatic nitrogens is 6. The number of halogens is 3. The van der Waals surface area contributed by atoms with E-state index < -0.39 is 30.5 Å². The largest absolute Gasteiger partial charge is 0.467 e. The second-order valence-corrected chi connectivity index (χ2v) is 10.1. The van der Waals surface area contributed by atoms with E-state index in [0.717, 1.165) is 0 Å². The summed E-state index contributed by atoms with van der Waals surface area (Å²) in [4.78, 5) is 34.0. The van der Waals surface area contributed by atoms with Crippen LogP contribution in [0.25, 0.3) is 33.1 Å². The van der Waals surface area contributed by atoms with Crippen LogP contribution in [0.5, 0.6) is 17.8 Å². The molecule has 1 N–H and O–H groups in total. The van der Waals surface area contributed by atoms with Gasteiger partial charge in [0.25, 0.3) is 0 Å². The molecule has 4 heterocycles. The molecule has 0 radical (unpaired) electrons. The fraction of sp³-hybridized carbons (Fsp3) is 0.286. The van der Waals surface area contributed by atoms with E-state index in [1.54, 1.807) is 29.7 Å². The number of aryl methyl sites for hydroxylation is 1. The van der Waals surface area contributed by atoms with Gasteiger partial charge in [0.05, 0.1) is 41.9 Å². The Bertz CT molecular complexity index is 1840. The fourth-order valence-corrected chi connectivity index (χ4v) is 5.61. The number of methoxy groups -OCH3 is 1. The third-order valence-electron chi connectivity index (χ3n) is 7.26. The Morgan fingerprint density at radius 1 is 1.12 bits per heavy atom. The molecule has 0 saturated carbocycles. The van der Waals surface area contributed by atoms with Gasteiger partial charge >= 0.3 is 12.0 Å². The van der Waals surface area contributed by atoms with E-state index in [-0.39, 0.29) is 35.7 Å². The van der Waals surface area contributed by atoms with Crippen molar-refractivity contribution in [1.82, 2.24) is 34.4 Å². The number of nitrogens with zero attached hydrogens (tertiary/aromatic N) is 7. The Balaban J connectivity index is 1.40. The molecular weight excluding hydrogens is 572 g/mol. The topological polar surface area (TPSA) is 128 Å². The first-order chi connectivity index (χ1) is 20.3. The lowest BCUT2D eigenvalue weighted by atomic mass is 10.00. The van der Waals surface area contributed by atoms with Crippen molar-refractivity contribution in [3.63, 3.8) is 0 Å². The molecule has 0 spiro atoms. The molecule has 1 amide bonds. The van der Waals surface area contributed by atoms with Gasteiger partial charge in [-0.2, -0.15) is 9.97 Å². The Labute approximate surface area is 242 Å². The second-order valence-electron chi connectivity index (χ2n) is 9.74. The third-order valence-corrected chi connectivity index (χ3v) is 7.57. The van der Waals surface area contributed by atoms with Gasteiger partial charge < -0.3 is 24.0 Å². The molecule has 2 atom stereocenters. The van der Waals surface area contributed by atoms with Crippen LogP contribution in [0.1, 0.15) is 18.3 Å². The maximum atomic E-state index is 15.5. The lowest BCUT2D eigenvalue weighted by Gasteiger charge is -2.35. The minimum atomic E-state index is -1.40. The van der Waals surface area contributed by atoms with Crippen molar-refractivity contribution in [1.29, 1.82) is 0 Å². The number of piperidine rings is 1. The van der Waals surface area contributed by atoms with Crippen molar-refractivity contribution in [3.05, 3.63) is 59.5 Å². The SMILES string of the molecule is COc1ncnc(Oc2ccc(-c3cc4c(cc3F)ncc3nc(C)n([C@H]5CCN(C(=O)CO)C[C@@H]5F)c34)c(Cl)c2)n1. The predicted molar refractivity (Wildman–Crippen MR) is 149 cm³/mol. The Hall–Kier alpha value is -4.49. The van der Waals surface area contributed by atoms with Gasteiger partial charge in [0.1, 0.15) is 42.0 Å². The van der Waals surface area contributed by atoms with Crippen LogP contribution in [0.15, 0.2) is 42.9 Å². The summed E-state index contributed by atoms with van der Waals surface area (Å²) < 4.78 is 43.4. The number of hydrogen-bond donors (Lipinski definition) is 1. The highest BCUT2D eigenvalue weighted by Gasteiger charge is 2.34. The van der Waals surface area contributed by atoms with Crippen molar-refractivity contribution in [2.75, 3.05) is 26.8 Å². The normalized spacial score (nSPS) is 17.1. The smallest absolute Gasteiger partial charge is 0.328 e. The number of fused-ring (bicyclic) bond motifs is 3. The highest BCUT2D eigenvalue weighted by Crippen LogP contribution is 2.39. The zero-order valence-corrected chi connectivity index (χ0v) is 23.2. The molecule has 1 saturated heterocycles. The standard InChI is InChI=1S/C28H24ClF2N7O4/c1-14-35-23-10-32-22-9-20(30)17(16-4-3-15(7-19(16)29)42-28-34-13-33-27(36-28)41-2)8-18(22)26(23)38(14)24-5-6-37(11-21(24)31)25(40)12-39/h3-4,7-10,13,21,24,39H,5-6,11-12H2,1-2H3/t21-,24-/m0/s1. The molecule has 1 aliphatic rings. The van der Waals surface area contributed by atoms with Crippen LogP contribution in [0, 0.1) is 12.7 Å². The van der Waals surface area contributed by atoms with Crippen molar-refractivity contribution in [2.24, 2.45) is 0 Å². The quantitative estimate of drug-likeness (QED) is 0.303. The first-order valence-electron chi connectivity index (χ1n) is 13.0. The Morgan fingerprint density at radius 2 is 1.93 bits per heavy atom. The molecule has 0 bridgehead atoms. The summed E-state index contributed by atoms with van der Waals surface area (Å²) in [5, 5.41) is 9.97. The van der Waals surface area contributed by atoms with Gasteiger partial charge in [0.2, 0.25) is 5.91 Å². The van der Waals surface area contributed by atoms with Crippen LogP contribution in [0.4, 0.5) is 8.78 Å². The summed E-state index contributed by atoms with van der Waals surface area (Å²) >= 11 is 6.60. The first kappa shape index (κ1) is 27.7. The molecule has 11 nitrogen and oxygen atoms in total. The summed E-state index contributed by atoms with van der Waals surface area (Å²) in [6.07, 6.45) is 1.69. The number of hydrogen-bond acceptors (Lipinski definition) is 9. The Morgan fingerprint density at radius 3 is 2.67 bits per heavy atom. The van der Waals surface area contributed by atoms with Gasteiger partial charge in [-0.1, -0.05) is 11.6 Å². The van der Waals surface area contributed by atoms with Gasteiger partial charge in [0.15, 0.2) is 0 Å². The van der Waals surface area contributed by atoms with Crippen LogP contribution in [-0.2, 0) is 4.79 Å². The average molecular weight is 596 g/mol. The lowest BCUT2D eigenvalue weighted by Crippen LogP contribution is -2.46. The minimum absolute atomic E-state index is 0.00243. The molecule has 3 aromatic heterocycles. The molecule has 1 aliphatic heterocycles. The van der Waals surface area contributed by atoms with Gasteiger partial charge in [-0.3, -0.25) is 9.78 Å². The highest BCUT2D eigenvalue weighted by atomic mass is 35.5. The summed E-state index contributed by atoms with van der Waals surface area (Å²) in [6.45, 7) is 1.24. The van der Waals surface area contributed by atoms with E-state index in [1.165, 1.54) is 36.7 Å². The number of carbonyl (C=O) groups excluding carboxylic acids is 1. The number of alkyl halides is 1. The van der Waals surface area contributed by atoms with E-state index >= 15 is 8.78 Å². The lowest BCUT2D eigenvalue weighted by molar-refractivity contribution is -0.137. The molecule has 1 fully saturated rings. The van der Waals surface area contributed by atoms with Crippen molar-refractivity contribution in [2.45, 2.75) is 25.6 Å². The first-order valence-corrected chi connectivity index (χ1v) is 13.4. The van der Waals surface area contributed by atoms with Crippen LogP contribution in [0.3, 0.4) is 0 Å². The maximum Gasteiger partial charge on any atom is 0.328 e. The number of aliphatic hydroxyl groups excluding tert-OH is 1. The molecule has 14 heteroatoms. The number of imidazole rings is 1. The number of rotatable bonds is 6. The van der Waals surface area contributed by atoms with E-state index in [9.17, 15) is 9.90 Å². The van der Waals surface area contributed by atoms with Crippen LogP contribution in [0.2, 0.25) is 5.02 Å².